The van der Waals surface area contributed by atoms with Crippen molar-refractivity contribution in [2.24, 2.45) is 5.41 Å². The van der Waals surface area contributed by atoms with E-state index in [1.165, 1.54) is 57.3 Å². The normalized spacial score (nSPS) is 21.7. The highest BCUT2D eigenvalue weighted by Gasteiger charge is 2.43. The lowest BCUT2D eigenvalue weighted by Gasteiger charge is -2.48. The number of hydrogen-bond acceptors (Lipinski definition) is 3. The summed E-state index contributed by atoms with van der Waals surface area (Å²) in [6.45, 7) is 6.06. The standard InChI is InChI=1S/C16H25N3/c1-2-7-16(6-1)13-19(14-16)10-4-9-18-12-15-5-3-8-17-11-15/h3,5,8,11,18H,1-2,4,6-7,9-10,12-14H2. The first-order chi connectivity index (χ1) is 9.36. The molecule has 0 atom stereocenters. The van der Waals surface area contributed by atoms with Gasteiger partial charge in [-0.1, -0.05) is 18.9 Å². The van der Waals surface area contributed by atoms with E-state index in [-0.39, 0.29) is 0 Å². The maximum Gasteiger partial charge on any atom is 0.0312 e. The molecule has 1 saturated carbocycles. The molecular weight excluding hydrogens is 234 g/mol. The zero-order chi connectivity index (χ0) is 13.0. The molecule has 1 aliphatic heterocycles. The molecule has 3 heteroatoms. The number of aromatic nitrogens is 1. The van der Waals surface area contributed by atoms with Crippen LogP contribution >= 0.6 is 0 Å². The minimum absolute atomic E-state index is 0.753. The van der Waals surface area contributed by atoms with Crippen LogP contribution in [0, 0.1) is 5.41 Å². The summed E-state index contributed by atoms with van der Waals surface area (Å²) in [6, 6.07) is 4.12. The summed E-state index contributed by atoms with van der Waals surface area (Å²) in [5.74, 6) is 0. The van der Waals surface area contributed by atoms with E-state index in [1.54, 1.807) is 0 Å². The summed E-state index contributed by atoms with van der Waals surface area (Å²) < 4.78 is 0. The van der Waals surface area contributed by atoms with Gasteiger partial charge in [-0.3, -0.25) is 4.98 Å². The molecule has 2 fully saturated rings. The highest BCUT2D eigenvalue weighted by molar-refractivity contribution is 5.07. The van der Waals surface area contributed by atoms with E-state index in [0.29, 0.717) is 0 Å². The third-order valence-electron chi connectivity index (χ3n) is 4.66. The van der Waals surface area contributed by atoms with Crippen molar-refractivity contribution < 1.29 is 0 Å². The summed E-state index contributed by atoms with van der Waals surface area (Å²) in [4.78, 5) is 6.76. The number of nitrogens with zero attached hydrogens (tertiary/aromatic N) is 2. The predicted octanol–water partition coefficient (Wildman–Crippen LogP) is 2.44. The van der Waals surface area contributed by atoms with Gasteiger partial charge >= 0.3 is 0 Å². The quantitative estimate of drug-likeness (QED) is 0.795. The third-order valence-corrected chi connectivity index (χ3v) is 4.66. The van der Waals surface area contributed by atoms with E-state index in [4.69, 9.17) is 0 Å². The molecule has 1 aliphatic carbocycles. The minimum atomic E-state index is 0.753. The first kappa shape index (κ1) is 13.1. The second-order valence-corrected chi connectivity index (χ2v) is 6.31. The van der Waals surface area contributed by atoms with Crippen LogP contribution in [0.1, 0.15) is 37.7 Å². The average molecular weight is 259 g/mol. The Morgan fingerprint density at radius 1 is 1.26 bits per heavy atom. The van der Waals surface area contributed by atoms with Crippen molar-refractivity contribution in [1.29, 1.82) is 0 Å². The molecule has 0 aromatic carbocycles. The highest BCUT2D eigenvalue weighted by Crippen LogP contribution is 2.45. The molecule has 0 amide bonds. The molecule has 1 spiro atoms. The molecule has 19 heavy (non-hydrogen) atoms. The number of nitrogens with one attached hydrogen (secondary N) is 1. The van der Waals surface area contributed by atoms with Gasteiger partial charge in [0.05, 0.1) is 0 Å². The monoisotopic (exact) mass is 259 g/mol. The van der Waals surface area contributed by atoms with Crippen LogP contribution in [-0.2, 0) is 6.54 Å². The van der Waals surface area contributed by atoms with Crippen molar-refractivity contribution >= 4 is 0 Å². The minimum Gasteiger partial charge on any atom is -0.313 e. The van der Waals surface area contributed by atoms with Gasteiger partial charge in [0.15, 0.2) is 0 Å². The molecule has 3 rings (SSSR count). The lowest BCUT2D eigenvalue weighted by atomic mass is 9.78. The SMILES string of the molecule is c1cncc(CNCCCN2CC3(CCCC3)C2)c1. The van der Waals surface area contributed by atoms with E-state index in [2.05, 4.69) is 21.3 Å². The molecule has 0 bridgehead atoms. The van der Waals surface area contributed by atoms with Gasteiger partial charge in [-0.2, -0.15) is 0 Å². The molecule has 1 aromatic rings. The Labute approximate surface area is 116 Å². The molecular formula is C16H25N3. The fourth-order valence-electron chi connectivity index (χ4n) is 3.66. The van der Waals surface area contributed by atoms with Crippen LogP contribution in [0.5, 0.6) is 0 Å². The smallest absolute Gasteiger partial charge is 0.0312 e. The van der Waals surface area contributed by atoms with Crippen LogP contribution in [0.2, 0.25) is 0 Å². The fraction of sp³-hybridized carbons (Fsp3) is 0.688. The predicted molar refractivity (Wildman–Crippen MR) is 77.9 cm³/mol. The summed E-state index contributed by atoms with van der Waals surface area (Å²) in [6.07, 6.45) is 10.9. The van der Waals surface area contributed by atoms with E-state index in [1.807, 2.05) is 18.5 Å². The number of likely N-dealkylation sites (tertiary alicyclic amines) is 1. The molecule has 2 heterocycles. The molecule has 2 aliphatic rings. The van der Waals surface area contributed by atoms with E-state index >= 15 is 0 Å². The zero-order valence-electron chi connectivity index (χ0n) is 11.8. The number of rotatable bonds is 6. The van der Waals surface area contributed by atoms with E-state index in [9.17, 15) is 0 Å². The molecule has 1 aromatic heterocycles. The van der Waals surface area contributed by atoms with E-state index < -0.39 is 0 Å². The van der Waals surface area contributed by atoms with Crippen LogP contribution in [0.4, 0.5) is 0 Å². The van der Waals surface area contributed by atoms with Crippen LogP contribution in [0.15, 0.2) is 24.5 Å². The van der Waals surface area contributed by atoms with Crippen molar-refractivity contribution in [3.05, 3.63) is 30.1 Å². The molecule has 0 radical (unpaired) electrons. The lowest BCUT2D eigenvalue weighted by molar-refractivity contribution is 0.00574. The largest absolute Gasteiger partial charge is 0.313 e. The number of hydrogen-bond donors (Lipinski definition) is 1. The maximum atomic E-state index is 4.13. The second kappa shape index (κ2) is 6.02. The summed E-state index contributed by atoms with van der Waals surface area (Å²) in [5, 5.41) is 3.50. The summed E-state index contributed by atoms with van der Waals surface area (Å²) >= 11 is 0. The molecule has 104 valence electrons. The van der Waals surface area contributed by atoms with Crippen LogP contribution in [0.3, 0.4) is 0 Å². The van der Waals surface area contributed by atoms with Gasteiger partial charge in [-0.25, -0.2) is 0 Å². The van der Waals surface area contributed by atoms with Gasteiger partial charge in [0, 0.05) is 32.0 Å². The van der Waals surface area contributed by atoms with Crippen molar-refractivity contribution in [2.75, 3.05) is 26.2 Å². The molecule has 1 saturated heterocycles. The Hall–Kier alpha value is -0.930. The topological polar surface area (TPSA) is 28.2 Å². The Bertz CT molecular complexity index is 376. The second-order valence-electron chi connectivity index (χ2n) is 6.31. The third kappa shape index (κ3) is 3.34. The summed E-state index contributed by atoms with van der Waals surface area (Å²) in [5.41, 5.74) is 2.03. The van der Waals surface area contributed by atoms with Crippen LogP contribution in [0.25, 0.3) is 0 Å². The van der Waals surface area contributed by atoms with Crippen LogP contribution in [-0.4, -0.2) is 36.1 Å². The van der Waals surface area contributed by atoms with Gasteiger partial charge in [0.1, 0.15) is 0 Å². The molecule has 1 N–H and O–H groups in total. The van der Waals surface area contributed by atoms with Crippen molar-refractivity contribution in [3.63, 3.8) is 0 Å². The van der Waals surface area contributed by atoms with Gasteiger partial charge in [-0.05, 0) is 49.4 Å². The maximum absolute atomic E-state index is 4.13. The zero-order valence-corrected chi connectivity index (χ0v) is 11.8. The van der Waals surface area contributed by atoms with Gasteiger partial charge in [0.25, 0.3) is 0 Å². The Kier molecular flexibility index (Phi) is 4.14. The first-order valence-corrected chi connectivity index (χ1v) is 7.68. The molecule has 0 unspecified atom stereocenters. The van der Waals surface area contributed by atoms with Crippen LogP contribution < -0.4 is 5.32 Å². The molecule has 3 nitrogen and oxygen atoms in total. The van der Waals surface area contributed by atoms with Gasteiger partial charge in [0.2, 0.25) is 0 Å². The highest BCUT2D eigenvalue weighted by atomic mass is 15.2. The van der Waals surface area contributed by atoms with Crippen molar-refractivity contribution in [1.82, 2.24) is 15.2 Å². The van der Waals surface area contributed by atoms with E-state index in [0.717, 1.165) is 18.5 Å². The average Bonchev–Trinajstić information content (AvgIpc) is 2.88. The summed E-state index contributed by atoms with van der Waals surface area (Å²) in [7, 11) is 0. The van der Waals surface area contributed by atoms with Gasteiger partial charge in [-0.15, -0.1) is 0 Å². The van der Waals surface area contributed by atoms with Crippen molar-refractivity contribution in [3.8, 4) is 0 Å². The Morgan fingerprint density at radius 3 is 2.84 bits per heavy atom. The number of pyridine rings is 1. The Morgan fingerprint density at radius 2 is 2.11 bits per heavy atom. The van der Waals surface area contributed by atoms with Gasteiger partial charge < -0.3 is 10.2 Å². The van der Waals surface area contributed by atoms with Crippen molar-refractivity contribution in [2.45, 2.75) is 38.6 Å². The Balaban J connectivity index is 1.24. The lowest BCUT2D eigenvalue weighted by Crippen LogP contribution is -2.55. The first-order valence-electron chi connectivity index (χ1n) is 7.68. The fourth-order valence-corrected chi connectivity index (χ4v) is 3.66.